The zero-order chi connectivity index (χ0) is 58.6. The van der Waals surface area contributed by atoms with E-state index in [0.717, 1.165) is 103 Å². The first-order chi connectivity index (χ1) is 38.9. The van der Waals surface area contributed by atoms with Gasteiger partial charge < -0.3 is 28.5 Å². The summed E-state index contributed by atoms with van der Waals surface area (Å²) in [7, 11) is 1.17. The molecule has 9 nitrogen and oxygen atoms in total. The number of phosphoric acid groups is 1. The number of carbonyl (C=O) groups is 2. The van der Waals surface area contributed by atoms with Crippen LogP contribution < -0.4 is 10.2 Å². The van der Waals surface area contributed by atoms with Crippen LogP contribution in [0.25, 0.3) is 0 Å². The van der Waals surface area contributed by atoms with Crippen LogP contribution in [-0.2, 0) is 27.9 Å². The molecule has 10 heteroatoms. The molecule has 0 aliphatic carbocycles. The Morgan fingerprint density at radius 3 is 1.32 bits per heavy atom. The summed E-state index contributed by atoms with van der Waals surface area (Å²) in [5.74, 6) is -0.559. The van der Waals surface area contributed by atoms with Crippen molar-refractivity contribution in [3.05, 3.63) is 97.2 Å². The van der Waals surface area contributed by atoms with Gasteiger partial charge in [-0.05, 0) is 96.0 Å². The smallest absolute Gasteiger partial charge is 0.306 e. The molecular formula is C70H125N2O7P. The molecule has 80 heavy (non-hydrogen) atoms. The number of unbranched alkanes of at least 4 members (excludes halogenated alkanes) is 31. The molecule has 3 unspecified atom stereocenters. The predicted octanol–water partition coefficient (Wildman–Crippen LogP) is 20.1. The van der Waals surface area contributed by atoms with Gasteiger partial charge in [0.25, 0.3) is 7.82 Å². The van der Waals surface area contributed by atoms with Crippen molar-refractivity contribution in [3.63, 3.8) is 0 Å². The summed E-state index contributed by atoms with van der Waals surface area (Å²) in [4.78, 5) is 40.0. The lowest BCUT2D eigenvalue weighted by atomic mass is 10.0. The first-order valence-corrected chi connectivity index (χ1v) is 34.5. The monoisotopic (exact) mass is 1140 g/mol. The maximum atomic E-state index is 13.5. The van der Waals surface area contributed by atoms with Crippen LogP contribution >= 0.6 is 7.82 Å². The third-order valence-corrected chi connectivity index (χ3v) is 15.3. The number of hydrogen-bond donors (Lipinski definition) is 1. The van der Waals surface area contributed by atoms with Crippen molar-refractivity contribution in [3.8, 4) is 0 Å². The molecule has 0 saturated carbocycles. The van der Waals surface area contributed by atoms with Crippen LogP contribution in [0.15, 0.2) is 97.2 Å². The summed E-state index contributed by atoms with van der Waals surface area (Å²) >= 11 is 0. The first kappa shape index (κ1) is 76.9. The van der Waals surface area contributed by atoms with Crippen molar-refractivity contribution in [1.29, 1.82) is 0 Å². The van der Waals surface area contributed by atoms with E-state index in [1.54, 1.807) is 0 Å². The largest absolute Gasteiger partial charge is 0.756 e. The summed E-state index contributed by atoms with van der Waals surface area (Å²) in [6, 6.07) is -0.901. The number of nitrogens with one attached hydrogen (secondary N) is 1. The molecule has 1 amide bonds. The van der Waals surface area contributed by atoms with Gasteiger partial charge in [0.1, 0.15) is 19.3 Å². The molecule has 0 aromatic carbocycles. The Morgan fingerprint density at radius 2 is 0.850 bits per heavy atom. The molecule has 0 spiro atoms. The minimum atomic E-state index is -4.71. The number of esters is 1. The summed E-state index contributed by atoms with van der Waals surface area (Å²) in [6.45, 7) is 6.68. The molecule has 0 rings (SSSR count). The lowest BCUT2D eigenvalue weighted by molar-refractivity contribution is -0.870. The van der Waals surface area contributed by atoms with Crippen LogP contribution in [0.2, 0.25) is 0 Å². The number of likely N-dealkylation sites (N-methyl/N-ethyl adjacent to an activating group) is 1. The van der Waals surface area contributed by atoms with E-state index in [0.29, 0.717) is 17.4 Å². The Hall–Kier alpha value is -3.07. The van der Waals surface area contributed by atoms with E-state index in [2.05, 4.69) is 111 Å². The maximum Gasteiger partial charge on any atom is 0.306 e. The molecule has 0 aromatic heterocycles. The van der Waals surface area contributed by atoms with Crippen LogP contribution in [0.1, 0.15) is 284 Å². The fraction of sp³-hybridized carbons (Fsp3) is 0.743. The van der Waals surface area contributed by atoms with Gasteiger partial charge in [0.05, 0.1) is 33.8 Å². The average Bonchev–Trinajstić information content (AvgIpc) is 3.42. The maximum absolute atomic E-state index is 13.5. The van der Waals surface area contributed by atoms with Crippen LogP contribution in [0.4, 0.5) is 0 Å². The van der Waals surface area contributed by atoms with Crippen molar-refractivity contribution < 1.29 is 37.3 Å². The number of allylic oxidation sites excluding steroid dienone is 15. The number of nitrogens with zero attached hydrogens (tertiary/aromatic N) is 1. The second-order valence-electron chi connectivity index (χ2n) is 23.3. The van der Waals surface area contributed by atoms with Gasteiger partial charge in [-0.15, -0.1) is 0 Å². The van der Waals surface area contributed by atoms with Gasteiger partial charge in [-0.3, -0.25) is 14.2 Å². The Bertz CT molecular complexity index is 1690. The Kier molecular flexibility index (Phi) is 56.8. The summed E-state index contributed by atoms with van der Waals surface area (Å²) in [5, 5.41) is 3.02. The molecule has 462 valence electrons. The highest BCUT2D eigenvalue weighted by atomic mass is 31.2. The number of phosphoric ester groups is 1. The molecule has 0 saturated heterocycles. The van der Waals surface area contributed by atoms with E-state index in [9.17, 15) is 19.0 Å². The quantitative estimate of drug-likeness (QED) is 0.0161. The van der Waals surface area contributed by atoms with Gasteiger partial charge in [0.2, 0.25) is 5.91 Å². The second kappa shape index (κ2) is 59.1. The SMILES string of the molecule is CC/C=C/C=C/C=C/CCCCCCCCCC(=O)NC(COP(=O)([O-])OCC[N+](C)(C)C)C(/C=C\CCCCCCCCCCCC)OC(=O)CCCCCCCCCCCCC/C=C\C/C=C\C/C=C\C/C=C\CCCCC. The Balaban J connectivity index is 5.09. The van der Waals surface area contributed by atoms with Crippen LogP contribution in [0.3, 0.4) is 0 Å². The molecule has 0 aliphatic rings. The number of quaternary nitrogens is 1. The molecule has 3 atom stereocenters. The number of hydrogen-bond acceptors (Lipinski definition) is 7. The average molecular weight is 1140 g/mol. The third-order valence-electron chi connectivity index (χ3n) is 14.3. The highest BCUT2D eigenvalue weighted by Gasteiger charge is 2.27. The zero-order valence-corrected chi connectivity index (χ0v) is 53.7. The molecule has 0 heterocycles. The summed E-state index contributed by atoms with van der Waals surface area (Å²) in [6.07, 6.45) is 79.5. The van der Waals surface area contributed by atoms with Gasteiger partial charge >= 0.3 is 5.97 Å². The predicted molar refractivity (Wildman–Crippen MR) is 344 cm³/mol. The number of amides is 1. The Morgan fingerprint density at radius 1 is 0.463 bits per heavy atom. The fourth-order valence-electron chi connectivity index (χ4n) is 9.21. The van der Waals surface area contributed by atoms with E-state index >= 15 is 0 Å². The van der Waals surface area contributed by atoms with Crippen LogP contribution in [0.5, 0.6) is 0 Å². The van der Waals surface area contributed by atoms with E-state index in [1.807, 2.05) is 33.3 Å². The van der Waals surface area contributed by atoms with Crippen molar-refractivity contribution in [2.24, 2.45) is 0 Å². The van der Waals surface area contributed by atoms with E-state index in [4.69, 9.17) is 13.8 Å². The molecule has 1 N–H and O–H groups in total. The fourth-order valence-corrected chi connectivity index (χ4v) is 9.93. The normalized spacial score (nSPS) is 14.2. The highest BCUT2D eigenvalue weighted by Crippen LogP contribution is 2.38. The standard InChI is InChI=1S/C70H125N2O7P/c1-7-10-13-16-19-22-25-28-30-31-32-33-34-35-36-37-38-39-40-41-43-45-48-51-54-57-60-63-70(74)79-68(61-58-55-52-49-46-27-24-21-18-15-12-9-3)67(66-78-80(75,76)77-65-64-72(4,5)6)71-69(73)62-59-56-53-50-47-44-42-29-26-23-20-17-14-11-8-2/h11,14,17,19-20,22-23,26,28,30,32-33,35-36,58,61,67-68H,7-10,12-13,15-16,18,21,24-25,27,29,31,34,37-57,59-60,62-66H2,1-6H3,(H-,71,73,75,76)/b14-11+,20-17+,22-19-,26-23+,30-28-,33-32-,36-35-,61-58-. The first-order valence-electron chi connectivity index (χ1n) is 33.1. The third kappa shape index (κ3) is 59.5. The number of carbonyl (C=O) groups excluding carboxylic acids is 2. The van der Waals surface area contributed by atoms with Gasteiger partial charge in [-0.25, -0.2) is 0 Å². The van der Waals surface area contributed by atoms with Crippen molar-refractivity contribution in [1.82, 2.24) is 5.32 Å². The minimum Gasteiger partial charge on any atom is -0.756 e. The molecule has 0 bridgehead atoms. The van der Waals surface area contributed by atoms with E-state index in [1.165, 1.54) is 148 Å². The second-order valence-corrected chi connectivity index (χ2v) is 24.7. The van der Waals surface area contributed by atoms with Gasteiger partial charge in [-0.1, -0.05) is 272 Å². The van der Waals surface area contributed by atoms with E-state index < -0.39 is 26.6 Å². The van der Waals surface area contributed by atoms with Crippen molar-refractivity contribution >= 4 is 19.7 Å². The molecular weight excluding hydrogens is 1010 g/mol. The van der Waals surface area contributed by atoms with Gasteiger partial charge in [-0.2, -0.15) is 0 Å². The van der Waals surface area contributed by atoms with Crippen LogP contribution in [-0.4, -0.2) is 69.4 Å². The van der Waals surface area contributed by atoms with Gasteiger partial charge in [0.15, 0.2) is 0 Å². The Labute approximate surface area is 494 Å². The molecule has 0 radical (unpaired) electrons. The molecule has 0 aliphatic heterocycles. The summed E-state index contributed by atoms with van der Waals surface area (Å²) < 4.78 is 30.3. The minimum absolute atomic E-state index is 0.0292. The molecule has 0 aromatic rings. The number of rotatable bonds is 59. The lowest BCUT2D eigenvalue weighted by Crippen LogP contribution is -2.47. The number of ether oxygens (including phenoxy) is 1. The topological polar surface area (TPSA) is 114 Å². The lowest BCUT2D eigenvalue weighted by Gasteiger charge is -2.30. The van der Waals surface area contributed by atoms with Crippen molar-refractivity contribution in [2.75, 3.05) is 40.9 Å². The van der Waals surface area contributed by atoms with Gasteiger partial charge in [0, 0.05) is 12.8 Å². The molecule has 0 fully saturated rings. The van der Waals surface area contributed by atoms with E-state index in [-0.39, 0.29) is 24.9 Å². The van der Waals surface area contributed by atoms with Crippen LogP contribution in [0, 0.1) is 0 Å². The van der Waals surface area contributed by atoms with Crippen molar-refractivity contribution in [2.45, 2.75) is 296 Å². The zero-order valence-electron chi connectivity index (χ0n) is 52.8. The highest BCUT2D eigenvalue weighted by molar-refractivity contribution is 7.45. The summed E-state index contributed by atoms with van der Waals surface area (Å²) in [5.41, 5.74) is 0.